The summed E-state index contributed by atoms with van der Waals surface area (Å²) in [6, 6.07) is 8.14. The van der Waals surface area contributed by atoms with E-state index in [0.29, 0.717) is 12.3 Å². The van der Waals surface area contributed by atoms with Gasteiger partial charge in [0.15, 0.2) is 18.0 Å². The second-order valence-electron chi connectivity index (χ2n) is 7.27. The van der Waals surface area contributed by atoms with E-state index in [4.69, 9.17) is 9.47 Å². The first-order valence-corrected chi connectivity index (χ1v) is 9.15. The molecule has 5 nitrogen and oxygen atoms in total. The van der Waals surface area contributed by atoms with Crippen LogP contribution in [0.15, 0.2) is 24.3 Å². The first-order chi connectivity index (χ1) is 12.7. The molecule has 0 radical (unpaired) electrons. The Balaban J connectivity index is 2.06. The van der Waals surface area contributed by atoms with Crippen LogP contribution in [-0.2, 0) is 11.3 Å². The number of amides is 1. The molecule has 0 bridgehead atoms. The van der Waals surface area contributed by atoms with Crippen LogP contribution in [0.5, 0.6) is 11.5 Å². The second-order valence-corrected chi connectivity index (χ2v) is 7.27. The fourth-order valence-electron chi connectivity index (χ4n) is 3.44. The lowest BCUT2D eigenvalue weighted by Gasteiger charge is -2.18. The molecule has 0 aliphatic carbocycles. The van der Waals surface area contributed by atoms with Crippen molar-refractivity contribution in [3.8, 4) is 11.5 Å². The summed E-state index contributed by atoms with van der Waals surface area (Å²) in [6.45, 7) is 9.28. The molecule has 0 aliphatic heterocycles. The van der Waals surface area contributed by atoms with Crippen LogP contribution in [-0.4, -0.2) is 33.7 Å². The number of nitrogens with one attached hydrogen (secondary N) is 2. The number of carbonyl (C=O) groups is 1. The molecule has 0 saturated heterocycles. The molecule has 2 N–H and O–H groups in total. The molecule has 2 aromatic rings. The van der Waals surface area contributed by atoms with Crippen LogP contribution in [0.2, 0.25) is 0 Å². The molecular weight excluding hydrogens is 340 g/mol. The summed E-state index contributed by atoms with van der Waals surface area (Å²) in [7, 11) is 5.28. The molecule has 146 valence electrons. The quantitative estimate of drug-likeness (QED) is 0.787. The zero-order valence-electron chi connectivity index (χ0n) is 17.4. The average molecular weight is 372 g/mol. The minimum atomic E-state index is 0.0145. The Morgan fingerprint density at radius 1 is 0.926 bits per heavy atom. The zero-order chi connectivity index (χ0) is 20.1. The Morgan fingerprint density at radius 3 is 2.04 bits per heavy atom. The van der Waals surface area contributed by atoms with Gasteiger partial charge in [0.2, 0.25) is 0 Å². The Bertz CT molecular complexity index is 808. The normalized spacial score (nSPS) is 11.8. The van der Waals surface area contributed by atoms with Crippen molar-refractivity contribution in [2.75, 3.05) is 33.1 Å². The highest BCUT2D eigenvalue weighted by atomic mass is 16.5. The average Bonchev–Trinajstić information content (AvgIpc) is 2.59. The summed E-state index contributed by atoms with van der Waals surface area (Å²) in [5, 5.41) is 3.07. The molecule has 1 unspecified atom stereocenters. The monoisotopic (exact) mass is 371 g/mol. The van der Waals surface area contributed by atoms with Gasteiger partial charge in [-0.1, -0.05) is 17.7 Å². The molecule has 0 heterocycles. The standard InChI is InChI=1S/C22H30N2O3/c1-14-8-16(3)22(17(4)9-14)23-21(25)13-24(5)12-18-11-20(27-7)19(26-6)10-15(18)2/h8-11H,12-13H2,1-7H3,(H,23,25)/p+1. The van der Waals surface area contributed by atoms with E-state index in [2.05, 4.69) is 24.4 Å². The molecule has 0 spiro atoms. The number of aryl methyl sites for hydroxylation is 4. The molecular formula is C22H31N2O3+. The van der Waals surface area contributed by atoms with Crippen molar-refractivity contribution in [1.82, 2.24) is 0 Å². The lowest BCUT2D eigenvalue weighted by Crippen LogP contribution is -3.08. The molecule has 1 atom stereocenters. The first kappa shape index (κ1) is 20.8. The minimum Gasteiger partial charge on any atom is -0.493 e. The van der Waals surface area contributed by atoms with Crippen molar-refractivity contribution in [2.45, 2.75) is 34.2 Å². The number of rotatable bonds is 7. The molecule has 2 aromatic carbocycles. The smallest absolute Gasteiger partial charge is 0.279 e. The highest BCUT2D eigenvalue weighted by Crippen LogP contribution is 2.29. The number of hydrogen-bond acceptors (Lipinski definition) is 3. The Hall–Kier alpha value is -2.53. The number of anilines is 1. The van der Waals surface area contributed by atoms with Gasteiger partial charge in [0.05, 0.1) is 21.3 Å². The van der Waals surface area contributed by atoms with Crippen molar-refractivity contribution >= 4 is 11.6 Å². The maximum Gasteiger partial charge on any atom is 0.279 e. The third-order valence-electron chi connectivity index (χ3n) is 4.74. The van der Waals surface area contributed by atoms with Crippen LogP contribution in [0, 0.1) is 27.7 Å². The van der Waals surface area contributed by atoms with Gasteiger partial charge in [-0.15, -0.1) is 0 Å². The molecule has 0 aliphatic rings. The number of carbonyl (C=O) groups excluding carboxylic acids is 1. The van der Waals surface area contributed by atoms with Gasteiger partial charge in [-0.25, -0.2) is 0 Å². The molecule has 0 fully saturated rings. The van der Waals surface area contributed by atoms with E-state index in [1.165, 1.54) is 5.56 Å². The van der Waals surface area contributed by atoms with E-state index >= 15 is 0 Å². The van der Waals surface area contributed by atoms with Crippen molar-refractivity contribution in [1.29, 1.82) is 0 Å². The summed E-state index contributed by atoms with van der Waals surface area (Å²) in [5.74, 6) is 1.45. The number of quaternary nitrogens is 1. The minimum absolute atomic E-state index is 0.0145. The first-order valence-electron chi connectivity index (χ1n) is 9.15. The number of likely N-dealkylation sites (N-methyl/N-ethyl adjacent to an activating group) is 1. The van der Waals surface area contributed by atoms with Crippen molar-refractivity contribution in [3.05, 3.63) is 52.1 Å². The van der Waals surface area contributed by atoms with Gasteiger partial charge < -0.3 is 19.7 Å². The summed E-state index contributed by atoms with van der Waals surface area (Å²) in [5.41, 5.74) is 6.57. The number of benzene rings is 2. The SMILES string of the molecule is COc1cc(C)c(C[NH+](C)CC(=O)Nc2c(C)cc(C)cc2C)cc1OC. The molecule has 5 heteroatoms. The van der Waals surface area contributed by atoms with Crippen molar-refractivity contribution in [2.24, 2.45) is 0 Å². The van der Waals surface area contributed by atoms with Crippen molar-refractivity contribution in [3.63, 3.8) is 0 Å². The van der Waals surface area contributed by atoms with Gasteiger partial charge >= 0.3 is 0 Å². The lowest BCUT2D eigenvalue weighted by molar-refractivity contribution is -0.885. The Kier molecular flexibility index (Phi) is 6.86. The maximum absolute atomic E-state index is 12.5. The zero-order valence-corrected chi connectivity index (χ0v) is 17.4. The van der Waals surface area contributed by atoms with Gasteiger partial charge in [0, 0.05) is 11.3 Å². The predicted octanol–water partition coefficient (Wildman–Crippen LogP) is 2.59. The van der Waals surface area contributed by atoms with Crippen LogP contribution < -0.4 is 19.7 Å². The second kappa shape index (κ2) is 8.91. The summed E-state index contributed by atoms with van der Waals surface area (Å²) in [4.78, 5) is 13.6. The van der Waals surface area contributed by atoms with Gasteiger partial charge in [0.25, 0.3) is 5.91 Å². The van der Waals surface area contributed by atoms with E-state index in [1.807, 2.05) is 40.0 Å². The largest absolute Gasteiger partial charge is 0.493 e. The molecule has 27 heavy (non-hydrogen) atoms. The molecule has 0 saturated carbocycles. The van der Waals surface area contributed by atoms with Crippen LogP contribution in [0.25, 0.3) is 0 Å². The van der Waals surface area contributed by atoms with Gasteiger partial charge in [-0.05, 0) is 56.5 Å². The van der Waals surface area contributed by atoms with Crippen LogP contribution in [0.4, 0.5) is 5.69 Å². The summed E-state index contributed by atoms with van der Waals surface area (Å²) in [6.07, 6.45) is 0. The van der Waals surface area contributed by atoms with E-state index < -0.39 is 0 Å². The van der Waals surface area contributed by atoms with Gasteiger partial charge in [0.1, 0.15) is 6.54 Å². The van der Waals surface area contributed by atoms with Gasteiger partial charge in [-0.3, -0.25) is 4.79 Å². The number of methoxy groups -OCH3 is 2. The van der Waals surface area contributed by atoms with E-state index in [9.17, 15) is 4.79 Å². The fraction of sp³-hybridized carbons (Fsp3) is 0.409. The fourth-order valence-corrected chi connectivity index (χ4v) is 3.44. The van der Waals surface area contributed by atoms with E-state index in [0.717, 1.165) is 45.1 Å². The summed E-state index contributed by atoms with van der Waals surface area (Å²) >= 11 is 0. The third kappa shape index (κ3) is 5.23. The summed E-state index contributed by atoms with van der Waals surface area (Å²) < 4.78 is 10.7. The molecule has 2 rings (SSSR count). The third-order valence-corrected chi connectivity index (χ3v) is 4.74. The highest BCUT2D eigenvalue weighted by Gasteiger charge is 2.16. The lowest BCUT2D eigenvalue weighted by atomic mass is 10.1. The van der Waals surface area contributed by atoms with Crippen molar-refractivity contribution < 1.29 is 19.2 Å². The van der Waals surface area contributed by atoms with Crippen LogP contribution in [0.3, 0.4) is 0 Å². The van der Waals surface area contributed by atoms with Crippen LogP contribution >= 0.6 is 0 Å². The number of hydrogen-bond donors (Lipinski definition) is 2. The Labute approximate surface area is 162 Å². The number of ether oxygens (including phenoxy) is 2. The van der Waals surface area contributed by atoms with Gasteiger partial charge in [-0.2, -0.15) is 0 Å². The van der Waals surface area contributed by atoms with Crippen LogP contribution in [0.1, 0.15) is 27.8 Å². The highest BCUT2D eigenvalue weighted by molar-refractivity contribution is 5.93. The maximum atomic E-state index is 12.5. The predicted molar refractivity (Wildman–Crippen MR) is 109 cm³/mol. The van der Waals surface area contributed by atoms with E-state index in [-0.39, 0.29) is 5.91 Å². The molecule has 0 aromatic heterocycles. The topological polar surface area (TPSA) is 52.0 Å². The van der Waals surface area contributed by atoms with E-state index in [1.54, 1.807) is 14.2 Å². The molecule has 1 amide bonds. The Morgan fingerprint density at radius 2 is 1.48 bits per heavy atom.